The summed E-state index contributed by atoms with van der Waals surface area (Å²) in [6.45, 7) is 7.87. The van der Waals surface area contributed by atoms with Crippen LogP contribution >= 0.6 is 0 Å². The summed E-state index contributed by atoms with van der Waals surface area (Å²) in [5.41, 5.74) is 1.08. The fraction of sp³-hybridized carbons (Fsp3) is 0.619. The van der Waals surface area contributed by atoms with Crippen LogP contribution in [0.3, 0.4) is 0 Å². The van der Waals surface area contributed by atoms with Crippen molar-refractivity contribution in [3.63, 3.8) is 0 Å². The molecular formula is C21H34N4O3. The van der Waals surface area contributed by atoms with Gasteiger partial charge in [-0.3, -0.25) is 9.79 Å². The smallest absolute Gasteiger partial charge is 0.220 e. The maximum atomic E-state index is 11.7. The first-order valence-electron chi connectivity index (χ1n) is 10.2. The van der Waals surface area contributed by atoms with Crippen LogP contribution in [0.4, 0.5) is 0 Å². The molecule has 1 aliphatic rings. The van der Waals surface area contributed by atoms with E-state index in [1.54, 1.807) is 7.05 Å². The molecule has 28 heavy (non-hydrogen) atoms. The molecular weight excluding hydrogens is 356 g/mol. The Morgan fingerprint density at radius 2 is 1.93 bits per heavy atom. The highest BCUT2D eigenvalue weighted by Gasteiger charge is 2.22. The molecule has 1 atom stereocenters. The van der Waals surface area contributed by atoms with Gasteiger partial charge in [-0.25, -0.2) is 0 Å². The largest absolute Gasteiger partial charge is 0.490 e. The third-order valence-electron chi connectivity index (χ3n) is 4.46. The van der Waals surface area contributed by atoms with Crippen LogP contribution in [0.15, 0.2) is 23.2 Å². The summed E-state index contributed by atoms with van der Waals surface area (Å²) in [7, 11) is 1.74. The SMILES string of the molecule is CCOc1ccc(C(C)NC(=NC)NCCCC(=O)NC2CC2)cc1OCC. The van der Waals surface area contributed by atoms with Crippen LogP contribution in [0.1, 0.15) is 58.1 Å². The van der Waals surface area contributed by atoms with Crippen LogP contribution in [-0.4, -0.2) is 44.7 Å². The van der Waals surface area contributed by atoms with Crippen molar-refractivity contribution in [3.05, 3.63) is 23.8 Å². The normalized spacial score (nSPS) is 14.9. The van der Waals surface area contributed by atoms with E-state index in [0.717, 1.165) is 36.3 Å². The van der Waals surface area contributed by atoms with E-state index in [1.807, 2.05) is 32.0 Å². The molecule has 0 aromatic heterocycles. The Hall–Kier alpha value is -2.44. The zero-order valence-electron chi connectivity index (χ0n) is 17.5. The first-order valence-corrected chi connectivity index (χ1v) is 10.2. The van der Waals surface area contributed by atoms with Crippen molar-refractivity contribution in [2.45, 2.75) is 58.5 Å². The summed E-state index contributed by atoms with van der Waals surface area (Å²) in [4.78, 5) is 16.0. The molecule has 0 heterocycles. The molecule has 7 heteroatoms. The number of benzene rings is 1. The number of ether oxygens (including phenoxy) is 2. The number of amides is 1. The second kappa shape index (κ2) is 11.4. The number of nitrogens with one attached hydrogen (secondary N) is 3. The highest BCUT2D eigenvalue weighted by molar-refractivity contribution is 5.80. The molecule has 0 radical (unpaired) electrons. The van der Waals surface area contributed by atoms with E-state index in [0.29, 0.717) is 38.2 Å². The van der Waals surface area contributed by atoms with Gasteiger partial charge in [0.25, 0.3) is 0 Å². The molecule has 1 fully saturated rings. The lowest BCUT2D eigenvalue weighted by Gasteiger charge is -2.20. The number of nitrogens with zero attached hydrogens (tertiary/aromatic N) is 1. The van der Waals surface area contributed by atoms with Crippen LogP contribution in [0.5, 0.6) is 11.5 Å². The fourth-order valence-electron chi connectivity index (χ4n) is 2.80. The van der Waals surface area contributed by atoms with E-state index >= 15 is 0 Å². The Kier molecular flexibility index (Phi) is 8.91. The molecule has 1 unspecified atom stereocenters. The van der Waals surface area contributed by atoms with Gasteiger partial charge in [-0.1, -0.05) is 6.07 Å². The van der Waals surface area contributed by atoms with Crippen LogP contribution in [0, 0.1) is 0 Å². The number of hydrogen-bond donors (Lipinski definition) is 3. The second-order valence-electron chi connectivity index (χ2n) is 6.88. The minimum Gasteiger partial charge on any atom is -0.490 e. The van der Waals surface area contributed by atoms with Crippen molar-refractivity contribution in [1.82, 2.24) is 16.0 Å². The first kappa shape index (κ1) is 21.9. The summed E-state index contributed by atoms with van der Waals surface area (Å²) in [5.74, 6) is 2.35. The van der Waals surface area contributed by atoms with Crippen molar-refractivity contribution in [1.29, 1.82) is 0 Å². The van der Waals surface area contributed by atoms with Crippen molar-refractivity contribution in [2.24, 2.45) is 4.99 Å². The van der Waals surface area contributed by atoms with Crippen LogP contribution in [-0.2, 0) is 4.79 Å². The molecule has 1 aromatic rings. The van der Waals surface area contributed by atoms with E-state index < -0.39 is 0 Å². The second-order valence-corrected chi connectivity index (χ2v) is 6.88. The van der Waals surface area contributed by atoms with E-state index in [9.17, 15) is 4.79 Å². The number of guanidine groups is 1. The van der Waals surface area contributed by atoms with Gasteiger partial charge in [-0.15, -0.1) is 0 Å². The van der Waals surface area contributed by atoms with Gasteiger partial charge in [0.1, 0.15) is 0 Å². The maximum absolute atomic E-state index is 11.7. The van der Waals surface area contributed by atoms with Gasteiger partial charge < -0.3 is 25.4 Å². The lowest BCUT2D eigenvalue weighted by Crippen LogP contribution is -2.39. The molecule has 0 bridgehead atoms. The Balaban J connectivity index is 1.82. The molecule has 0 spiro atoms. The summed E-state index contributed by atoms with van der Waals surface area (Å²) >= 11 is 0. The third-order valence-corrected chi connectivity index (χ3v) is 4.46. The Morgan fingerprint density at radius 1 is 1.21 bits per heavy atom. The van der Waals surface area contributed by atoms with Crippen molar-refractivity contribution >= 4 is 11.9 Å². The number of carbonyl (C=O) groups excluding carboxylic acids is 1. The predicted molar refractivity (Wildman–Crippen MR) is 112 cm³/mol. The highest BCUT2D eigenvalue weighted by Crippen LogP contribution is 2.30. The average molecular weight is 391 g/mol. The number of aliphatic imine (C=N–C) groups is 1. The topological polar surface area (TPSA) is 84.0 Å². The van der Waals surface area contributed by atoms with Crippen LogP contribution < -0.4 is 25.4 Å². The zero-order valence-corrected chi connectivity index (χ0v) is 17.5. The summed E-state index contributed by atoms with van der Waals surface area (Å²) in [6.07, 6.45) is 3.54. The van der Waals surface area contributed by atoms with Crippen molar-refractivity contribution < 1.29 is 14.3 Å². The zero-order chi connectivity index (χ0) is 20.4. The van der Waals surface area contributed by atoms with Gasteiger partial charge in [-0.05, 0) is 57.7 Å². The van der Waals surface area contributed by atoms with Gasteiger partial charge in [0, 0.05) is 26.1 Å². The Bertz CT molecular complexity index is 659. The predicted octanol–water partition coefficient (Wildman–Crippen LogP) is 2.77. The monoisotopic (exact) mass is 390 g/mol. The number of carbonyl (C=O) groups is 1. The summed E-state index contributed by atoms with van der Waals surface area (Å²) in [6, 6.07) is 6.43. The van der Waals surface area contributed by atoms with E-state index in [-0.39, 0.29) is 11.9 Å². The average Bonchev–Trinajstić information content (AvgIpc) is 3.49. The molecule has 2 rings (SSSR count). The molecule has 156 valence electrons. The maximum Gasteiger partial charge on any atom is 0.220 e. The van der Waals surface area contributed by atoms with Crippen LogP contribution in [0.2, 0.25) is 0 Å². The molecule has 3 N–H and O–H groups in total. The first-order chi connectivity index (χ1) is 13.6. The molecule has 1 aromatic carbocycles. The quantitative estimate of drug-likeness (QED) is 0.307. The highest BCUT2D eigenvalue weighted by atomic mass is 16.5. The Labute approximate surface area is 168 Å². The molecule has 0 saturated heterocycles. The molecule has 7 nitrogen and oxygen atoms in total. The lowest BCUT2D eigenvalue weighted by molar-refractivity contribution is -0.121. The molecule has 0 aliphatic heterocycles. The van der Waals surface area contributed by atoms with Gasteiger partial charge in [-0.2, -0.15) is 0 Å². The van der Waals surface area contributed by atoms with Gasteiger partial charge in [0.05, 0.1) is 19.3 Å². The number of hydrogen-bond acceptors (Lipinski definition) is 4. The van der Waals surface area contributed by atoms with Gasteiger partial charge in [0.2, 0.25) is 5.91 Å². The summed E-state index contributed by atoms with van der Waals surface area (Å²) < 4.78 is 11.3. The van der Waals surface area contributed by atoms with E-state index in [2.05, 4.69) is 27.9 Å². The number of rotatable bonds is 11. The Morgan fingerprint density at radius 3 is 2.57 bits per heavy atom. The molecule has 1 aliphatic carbocycles. The summed E-state index contributed by atoms with van der Waals surface area (Å²) in [5, 5.41) is 9.65. The lowest BCUT2D eigenvalue weighted by atomic mass is 10.1. The standard InChI is InChI=1S/C21H34N4O3/c1-5-27-18-12-9-16(14-19(18)28-6-2)15(3)24-21(22-4)23-13-7-8-20(26)25-17-10-11-17/h9,12,14-15,17H,5-8,10-11,13H2,1-4H3,(H,25,26)(H2,22,23,24). The molecule has 1 saturated carbocycles. The van der Waals surface area contributed by atoms with E-state index in [1.165, 1.54) is 0 Å². The van der Waals surface area contributed by atoms with Crippen molar-refractivity contribution in [3.8, 4) is 11.5 Å². The van der Waals surface area contributed by atoms with E-state index in [4.69, 9.17) is 9.47 Å². The van der Waals surface area contributed by atoms with Gasteiger partial charge >= 0.3 is 0 Å². The third kappa shape index (κ3) is 7.29. The minimum absolute atomic E-state index is 0.0410. The fourth-order valence-corrected chi connectivity index (χ4v) is 2.80. The van der Waals surface area contributed by atoms with Crippen molar-refractivity contribution in [2.75, 3.05) is 26.8 Å². The van der Waals surface area contributed by atoms with Gasteiger partial charge in [0.15, 0.2) is 17.5 Å². The minimum atomic E-state index is 0.0410. The molecule has 1 amide bonds. The van der Waals surface area contributed by atoms with Crippen LogP contribution in [0.25, 0.3) is 0 Å².